The molecule has 0 bridgehead atoms. The summed E-state index contributed by atoms with van der Waals surface area (Å²) in [5.41, 5.74) is 0.688. The summed E-state index contributed by atoms with van der Waals surface area (Å²) in [6.45, 7) is 0.426. The van der Waals surface area contributed by atoms with Crippen LogP contribution in [0.4, 0.5) is 5.69 Å². The lowest BCUT2D eigenvalue weighted by atomic mass is 10.1. The van der Waals surface area contributed by atoms with E-state index in [1.54, 1.807) is 6.07 Å². The van der Waals surface area contributed by atoms with E-state index in [0.717, 1.165) is 0 Å². The van der Waals surface area contributed by atoms with Crippen molar-refractivity contribution in [1.82, 2.24) is 4.90 Å². The van der Waals surface area contributed by atoms with Crippen molar-refractivity contribution in [2.45, 2.75) is 44.6 Å². The first kappa shape index (κ1) is 15.3. The number of hydrogen-bond acceptors (Lipinski definition) is 2. The van der Waals surface area contributed by atoms with Gasteiger partial charge >= 0.3 is 0 Å². The molecule has 0 saturated heterocycles. The molecule has 3 nitrogen and oxygen atoms in total. The van der Waals surface area contributed by atoms with Crippen molar-refractivity contribution in [3.63, 3.8) is 0 Å². The van der Waals surface area contributed by atoms with E-state index < -0.39 is 0 Å². The van der Waals surface area contributed by atoms with E-state index in [-0.39, 0.29) is 5.91 Å². The van der Waals surface area contributed by atoms with Crippen molar-refractivity contribution in [1.29, 1.82) is 0 Å². The minimum absolute atomic E-state index is 0.00449. The molecule has 4 heteroatoms. The predicted octanol–water partition coefficient (Wildman–Crippen LogP) is 3.93. The monoisotopic (exact) mass is 294 g/mol. The number of nitrogens with zero attached hydrogens (tertiary/aromatic N) is 1. The number of hydrogen-bond donors (Lipinski definition) is 1. The average Bonchev–Trinajstić information content (AvgIpc) is 2.70. The quantitative estimate of drug-likeness (QED) is 0.853. The summed E-state index contributed by atoms with van der Waals surface area (Å²) in [5, 5.41) is 3.46. The third-order valence-electron chi connectivity index (χ3n) is 3.99. The zero-order valence-corrected chi connectivity index (χ0v) is 12.8. The molecule has 1 saturated carbocycles. The molecular weight excluding hydrogens is 272 g/mol. The molecule has 0 aromatic heterocycles. The molecular formula is C16H23ClN2O. The number of rotatable bonds is 4. The maximum atomic E-state index is 12.1. The van der Waals surface area contributed by atoms with Crippen molar-refractivity contribution in [2.24, 2.45) is 0 Å². The van der Waals surface area contributed by atoms with Crippen LogP contribution in [0, 0.1) is 0 Å². The van der Waals surface area contributed by atoms with E-state index in [1.807, 2.05) is 25.2 Å². The van der Waals surface area contributed by atoms with Crippen LogP contribution >= 0.6 is 11.6 Å². The molecule has 0 unspecified atom stereocenters. The molecule has 2 rings (SSSR count). The van der Waals surface area contributed by atoms with Gasteiger partial charge in [0.25, 0.3) is 0 Å². The number of carbonyl (C=O) groups is 1. The first-order valence-corrected chi connectivity index (χ1v) is 7.79. The summed E-state index contributed by atoms with van der Waals surface area (Å²) in [7, 11) is 2.04. The predicted molar refractivity (Wildman–Crippen MR) is 84.2 cm³/mol. The maximum Gasteiger partial charge on any atom is 0.238 e. The molecule has 0 heterocycles. The second kappa shape index (κ2) is 7.65. The van der Waals surface area contributed by atoms with E-state index >= 15 is 0 Å². The Morgan fingerprint density at radius 2 is 1.90 bits per heavy atom. The van der Waals surface area contributed by atoms with Gasteiger partial charge in [0.1, 0.15) is 0 Å². The van der Waals surface area contributed by atoms with E-state index in [0.29, 0.717) is 23.3 Å². The molecule has 0 radical (unpaired) electrons. The Kier molecular flexibility index (Phi) is 5.86. The first-order chi connectivity index (χ1) is 9.66. The summed E-state index contributed by atoms with van der Waals surface area (Å²) in [5.74, 6) is 0.00449. The molecule has 1 aromatic rings. The highest BCUT2D eigenvalue weighted by Gasteiger charge is 2.19. The number of carbonyl (C=O) groups excluding carboxylic acids is 1. The van der Waals surface area contributed by atoms with Gasteiger partial charge in [0.15, 0.2) is 0 Å². The molecule has 0 spiro atoms. The summed E-state index contributed by atoms with van der Waals surface area (Å²) >= 11 is 6.05. The second-order valence-electron chi connectivity index (χ2n) is 5.59. The summed E-state index contributed by atoms with van der Waals surface area (Å²) < 4.78 is 0. The molecule has 1 N–H and O–H groups in total. The summed E-state index contributed by atoms with van der Waals surface area (Å²) in [6, 6.07) is 7.87. The SMILES string of the molecule is CN(CC(=O)Nc1ccccc1Cl)C1CCCCCC1. The van der Waals surface area contributed by atoms with Crippen LogP contribution in [-0.2, 0) is 4.79 Å². The Balaban J connectivity index is 1.85. The van der Waals surface area contributed by atoms with Crippen LogP contribution in [0.25, 0.3) is 0 Å². The van der Waals surface area contributed by atoms with Crippen molar-refractivity contribution in [3.05, 3.63) is 29.3 Å². The molecule has 0 aliphatic heterocycles. The minimum atomic E-state index is 0.00449. The molecule has 1 aliphatic rings. The van der Waals surface area contributed by atoms with Crippen molar-refractivity contribution in [2.75, 3.05) is 18.9 Å². The molecule has 1 aromatic carbocycles. The Labute approximate surface area is 126 Å². The normalized spacial score (nSPS) is 16.9. The average molecular weight is 295 g/mol. The van der Waals surface area contributed by atoms with E-state index in [1.165, 1.54) is 38.5 Å². The number of nitrogens with one attached hydrogen (secondary N) is 1. The maximum absolute atomic E-state index is 12.1. The number of amides is 1. The van der Waals surface area contributed by atoms with Crippen molar-refractivity contribution >= 4 is 23.2 Å². The lowest BCUT2D eigenvalue weighted by molar-refractivity contribution is -0.117. The van der Waals surface area contributed by atoms with Gasteiger partial charge in [-0.2, -0.15) is 0 Å². The largest absolute Gasteiger partial charge is 0.324 e. The van der Waals surface area contributed by atoms with Gasteiger partial charge in [0, 0.05) is 6.04 Å². The van der Waals surface area contributed by atoms with Crippen molar-refractivity contribution < 1.29 is 4.79 Å². The summed E-state index contributed by atoms with van der Waals surface area (Å²) in [6.07, 6.45) is 7.63. The topological polar surface area (TPSA) is 32.3 Å². The highest BCUT2D eigenvalue weighted by atomic mass is 35.5. The van der Waals surface area contributed by atoms with E-state index in [4.69, 9.17) is 11.6 Å². The smallest absolute Gasteiger partial charge is 0.238 e. The molecule has 1 fully saturated rings. The Hall–Kier alpha value is -1.06. The fourth-order valence-electron chi connectivity index (χ4n) is 2.81. The zero-order valence-electron chi connectivity index (χ0n) is 12.1. The number of likely N-dealkylation sites (N-methyl/N-ethyl adjacent to an activating group) is 1. The van der Waals surface area contributed by atoms with Gasteiger partial charge in [-0.25, -0.2) is 0 Å². The van der Waals surface area contributed by atoms with Gasteiger partial charge in [0.2, 0.25) is 5.91 Å². The van der Waals surface area contributed by atoms with Gasteiger partial charge < -0.3 is 5.32 Å². The third-order valence-corrected chi connectivity index (χ3v) is 4.32. The number of halogens is 1. The molecule has 1 amide bonds. The van der Waals surface area contributed by atoms with Gasteiger partial charge in [-0.05, 0) is 32.0 Å². The fraction of sp³-hybridized carbons (Fsp3) is 0.562. The standard InChI is InChI=1S/C16H23ClN2O/c1-19(13-8-4-2-3-5-9-13)12-16(20)18-15-11-7-6-10-14(15)17/h6-7,10-11,13H,2-5,8-9,12H2,1H3,(H,18,20). The lowest BCUT2D eigenvalue weighted by Gasteiger charge is -2.26. The Morgan fingerprint density at radius 1 is 1.25 bits per heavy atom. The zero-order chi connectivity index (χ0) is 14.4. The highest BCUT2D eigenvalue weighted by molar-refractivity contribution is 6.33. The van der Waals surface area contributed by atoms with Crippen LogP contribution in [0.5, 0.6) is 0 Å². The van der Waals surface area contributed by atoms with Crippen LogP contribution in [0.1, 0.15) is 38.5 Å². The molecule has 110 valence electrons. The molecule has 0 atom stereocenters. The molecule has 1 aliphatic carbocycles. The summed E-state index contributed by atoms with van der Waals surface area (Å²) in [4.78, 5) is 14.3. The van der Waals surface area contributed by atoms with Gasteiger partial charge in [0.05, 0.1) is 17.3 Å². The third kappa shape index (κ3) is 4.50. The van der Waals surface area contributed by atoms with Crippen LogP contribution in [0.2, 0.25) is 5.02 Å². The van der Waals surface area contributed by atoms with Crippen LogP contribution in [-0.4, -0.2) is 30.4 Å². The Morgan fingerprint density at radius 3 is 2.55 bits per heavy atom. The minimum Gasteiger partial charge on any atom is -0.324 e. The van der Waals surface area contributed by atoms with Crippen LogP contribution in [0.3, 0.4) is 0 Å². The number of anilines is 1. The van der Waals surface area contributed by atoms with Gasteiger partial charge in [-0.15, -0.1) is 0 Å². The highest BCUT2D eigenvalue weighted by Crippen LogP contribution is 2.22. The molecule has 20 heavy (non-hydrogen) atoms. The van der Waals surface area contributed by atoms with E-state index in [2.05, 4.69) is 10.2 Å². The lowest BCUT2D eigenvalue weighted by Crippen LogP contribution is -2.37. The first-order valence-electron chi connectivity index (χ1n) is 7.41. The fourth-order valence-corrected chi connectivity index (χ4v) is 2.99. The van der Waals surface area contributed by atoms with Gasteiger partial charge in [-0.1, -0.05) is 49.4 Å². The number of benzene rings is 1. The van der Waals surface area contributed by atoms with Crippen molar-refractivity contribution in [3.8, 4) is 0 Å². The van der Waals surface area contributed by atoms with E-state index in [9.17, 15) is 4.79 Å². The second-order valence-corrected chi connectivity index (χ2v) is 6.00. The van der Waals surface area contributed by atoms with Gasteiger partial charge in [-0.3, -0.25) is 9.69 Å². The van der Waals surface area contributed by atoms with Crippen LogP contribution < -0.4 is 5.32 Å². The number of para-hydroxylation sites is 1. The Bertz CT molecular complexity index is 442. The van der Waals surface area contributed by atoms with Crippen LogP contribution in [0.15, 0.2) is 24.3 Å².